The third kappa shape index (κ3) is 2.56. The van der Waals surface area contributed by atoms with E-state index in [0.717, 1.165) is 32.1 Å². The molecule has 2 rings (SSSR count). The Morgan fingerprint density at radius 2 is 1.69 bits per heavy atom. The van der Waals surface area contributed by atoms with Crippen molar-refractivity contribution in [2.24, 2.45) is 5.92 Å². The van der Waals surface area contributed by atoms with Crippen LogP contribution in [0.4, 0.5) is 0 Å². The second-order valence-corrected chi connectivity index (χ2v) is 5.16. The van der Waals surface area contributed by atoms with Crippen molar-refractivity contribution in [1.29, 1.82) is 0 Å². The van der Waals surface area contributed by atoms with Crippen molar-refractivity contribution in [2.45, 2.75) is 31.6 Å². The molecule has 0 bridgehead atoms. The van der Waals surface area contributed by atoms with Crippen LogP contribution in [-0.2, 0) is 9.47 Å². The molecular formula is C12H24N2O2. The average Bonchev–Trinajstić information content (AvgIpc) is 2.72. The first-order valence-electron chi connectivity index (χ1n) is 6.25. The maximum atomic E-state index is 5.48. The number of piperidine rings is 1. The lowest BCUT2D eigenvalue weighted by Gasteiger charge is -2.34. The lowest BCUT2D eigenvalue weighted by Crippen LogP contribution is -2.48. The van der Waals surface area contributed by atoms with Crippen molar-refractivity contribution in [1.82, 2.24) is 10.2 Å². The molecule has 94 valence electrons. The molecule has 2 heterocycles. The van der Waals surface area contributed by atoms with Crippen LogP contribution in [0.5, 0.6) is 0 Å². The second-order valence-electron chi connectivity index (χ2n) is 5.16. The summed E-state index contributed by atoms with van der Waals surface area (Å²) in [4.78, 5) is 2.52. The molecule has 4 unspecified atom stereocenters. The van der Waals surface area contributed by atoms with Crippen LogP contribution in [0.1, 0.15) is 13.3 Å². The number of rotatable bonds is 3. The Bertz CT molecular complexity index is 213. The first-order valence-corrected chi connectivity index (χ1v) is 6.25. The highest BCUT2D eigenvalue weighted by molar-refractivity contribution is 4.92. The largest absolute Gasteiger partial charge is 0.377 e. The molecule has 0 aromatic rings. The summed E-state index contributed by atoms with van der Waals surface area (Å²) in [7, 11) is 3.56. The van der Waals surface area contributed by atoms with Gasteiger partial charge in [-0.25, -0.2) is 0 Å². The predicted molar refractivity (Wildman–Crippen MR) is 63.6 cm³/mol. The van der Waals surface area contributed by atoms with Crippen LogP contribution >= 0.6 is 0 Å². The van der Waals surface area contributed by atoms with Gasteiger partial charge < -0.3 is 14.8 Å². The summed E-state index contributed by atoms with van der Waals surface area (Å²) in [5.41, 5.74) is 0. The van der Waals surface area contributed by atoms with Gasteiger partial charge in [0.15, 0.2) is 0 Å². The van der Waals surface area contributed by atoms with Gasteiger partial charge in [-0.2, -0.15) is 0 Å². The standard InChI is InChI=1S/C12H24N2O2/c1-9-4-10(6-13-5-9)14-7-11(15-2)12(8-14)16-3/h9-13H,4-8H2,1-3H3. The highest BCUT2D eigenvalue weighted by atomic mass is 16.5. The van der Waals surface area contributed by atoms with Crippen molar-refractivity contribution in [2.75, 3.05) is 40.4 Å². The van der Waals surface area contributed by atoms with Gasteiger partial charge in [-0.05, 0) is 18.9 Å². The minimum absolute atomic E-state index is 0.238. The Balaban J connectivity index is 1.90. The van der Waals surface area contributed by atoms with Crippen LogP contribution < -0.4 is 5.32 Å². The third-order valence-electron chi connectivity index (χ3n) is 3.91. The SMILES string of the molecule is COC1CN(C2CNCC(C)C2)CC1OC. The van der Waals surface area contributed by atoms with Crippen molar-refractivity contribution < 1.29 is 9.47 Å². The van der Waals surface area contributed by atoms with Crippen molar-refractivity contribution in [3.8, 4) is 0 Å². The number of hydrogen-bond acceptors (Lipinski definition) is 4. The molecule has 0 amide bonds. The average molecular weight is 228 g/mol. The predicted octanol–water partition coefficient (Wildman–Crippen LogP) is 0.330. The van der Waals surface area contributed by atoms with Gasteiger partial charge in [0.1, 0.15) is 0 Å². The van der Waals surface area contributed by atoms with E-state index < -0.39 is 0 Å². The molecule has 0 aromatic carbocycles. The van der Waals surface area contributed by atoms with E-state index in [2.05, 4.69) is 17.1 Å². The summed E-state index contributed by atoms with van der Waals surface area (Å²) in [6, 6.07) is 0.654. The maximum Gasteiger partial charge on any atom is 0.0971 e. The second kappa shape index (κ2) is 5.45. The summed E-state index contributed by atoms with van der Waals surface area (Å²) in [6.45, 7) is 6.60. The van der Waals surface area contributed by atoms with E-state index in [0.29, 0.717) is 6.04 Å². The van der Waals surface area contributed by atoms with Crippen LogP contribution in [0, 0.1) is 5.92 Å². The van der Waals surface area contributed by atoms with E-state index in [1.807, 2.05) is 0 Å². The summed E-state index contributed by atoms with van der Waals surface area (Å²) in [5, 5.41) is 3.50. The molecule has 2 aliphatic rings. The first-order chi connectivity index (χ1) is 7.74. The van der Waals surface area contributed by atoms with Crippen LogP contribution in [-0.4, -0.2) is 63.5 Å². The van der Waals surface area contributed by atoms with Crippen LogP contribution in [0.25, 0.3) is 0 Å². The van der Waals surface area contributed by atoms with E-state index in [4.69, 9.17) is 9.47 Å². The quantitative estimate of drug-likeness (QED) is 0.755. The number of nitrogens with zero attached hydrogens (tertiary/aromatic N) is 1. The molecule has 4 heteroatoms. The maximum absolute atomic E-state index is 5.48. The summed E-state index contributed by atoms with van der Waals surface area (Å²) < 4.78 is 11.0. The van der Waals surface area contributed by atoms with Gasteiger partial charge in [-0.1, -0.05) is 6.92 Å². The zero-order valence-electron chi connectivity index (χ0n) is 10.6. The molecule has 0 aliphatic carbocycles. The number of hydrogen-bond donors (Lipinski definition) is 1. The molecule has 0 saturated carbocycles. The van der Waals surface area contributed by atoms with Gasteiger partial charge in [-0.3, -0.25) is 4.90 Å². The van der Waals surface area contributed by atoms with Gasteiger partial charge in [0.2, 0.25) is 0 Å². The third-order valence-corrected chi connectivity index (χ3v) is 3.91. The van der Waals surface area contributed by atoms with Gasteiger partial charge in [0, 0.05) is 39.9 Å². The summed E-state index contributed by atoms with van der Waals surface area (Å²) >= 11 is 0. The molecule has 2 fully saturated rings. The molecule has 4 atom stereocenters. The topological polar surface area (TPSA) is 33.7 Å². The minimum Gasteiger partial charge on any atom is -0.377 e. The fourth-order valence-electron chi connectivity index (χ4n) is 2.93. The van der Waals surface area contributed by atoms with Gasteiger partial charge in [0.25, 0.3) is 0 Å². The zero-order valence-corrected chi connectivity index (χ0v) is 10.6. The molecule has 0 aromatic heterocycles. The molecule has 4 nitrogen and oxygen atoms in total. The Morgan fingerprint density at radius 1 is 1.06 bits per heavy atom. The lowest BCUT2D eigenvalue weighted by molar-refractivity contribution is -0.00461. The van der Waals surface area contributed by atoms with Gasteiger partial charge >= 0.3 is 0 Å². The van der Waals surface area contributed by atoms with E-state index in [1.54, 1.807) is 14.2 Å². The molecule has 1 N–H and O–H groups in total. The molecule has 0 spiro atoms. The molecule has 0 radical (unpaired) electrons. The number of nitrogens with one attached hydrogen (secondary N) is 1. The summed E-state index contributed by atoms with van der Waals surface area (Å²) in [6.07, 6.45) is 1.77. The zero-order chi connectivity index (χ0) is 11.5. The summed E-state index contributed by atoms with van der Waals surface area (Å²) in [5.74, 6) is 0.779. The normalized spacial score (nSPS) is 41.4. The van der Waals surface area contributed by atoms with Crippen LogP contribution in [0.3, 0.4) is 0 Å². The van der Waals surface area contributed by atoms with E-state index in [-0.39, 0.29) is 12.2 Å². The minimum atomic E-state index is 0.238. The van der Waals surface area contributed by atoms with Crippen molar-refractivity contribution >= 4 is 0 Å². The molecular weight excluding hydrogens is 204 g/mol. The van der Waals surface area contributed by atoms with Crippen molar-refractivity contribution in [3.63, 3.8) is 0 Å². The van der Waals surface area contributed by atoms with Gasteiger partial charge in [-0.15, -0.1) is 0 Å². The number of likely N-dealkylation sites (tertiary alicyclic amines) is 1. The monoisotopic (exact) mass is 228 g/mol. The van der Waals surface area contributed by atoms with Crippen LogP contribution in [0.2, 0.25) is 0 Å². The van der Waals surface area contributed by atoms with Crippen LogP contribution in [0.15, 0.2) is 0 Å². The lowest BCUT2D eigenvalue weighted by atomic mass is 9.97. The molecule has 2 aliphatic heterocycles. The molecule has 2 saturated heterocycles. The number of ether oxygens (including phenoxy) is 2. The highest BCUT2D eigenvalue weighted by Gasteiger charge is 2.37. The van der Waals surface area contributed by atoms with Gasteiger partial charge in [0.05, 0.1) is 12.2 Å². The number of methoxy groups -OCH3 is 2. The van der Waals surface area contributed by atoms with E-state index in [1.165, 1.54) is 6.42 Å². The van der Waals surface area contributed by atoms with E-state index >= 15 is 0 Å². The fraction of sp³-hybridized carbons (Fsp3) is 1.00. The molecule has 16 heavy (non-hydrogen) atoms. The highest BCUT2D eigenvalue weighted by Crippen LogP contribution is 2.22. The first kappa shape index (κ1) is 12.3. The fourth-order valence-corrected chi connectivity index (χ4v) is 2.93. The van der Waals surface area contributed by atoms with E-state index in [9.17, 15) is 0 Å². The van der Waals surface area contributed by atoms with Crippen molar-refractivity contribution in [3.05, 3.63) is 0 Å². The Hall–Kier alpha value is -0.160. The Labute approximate surface area is 98.3 Å². The Morgan fingerprint density at radius 3 is 2.19 bits per heavy atom. The smallest absolute Gasteiger partial charge is 0.0971 e. The Kier molecular flexibility index (Phi) is 4.19.